The fourth-order valence-corrected chi connectivity index (χ4v) is 5.32. The van der Waals surface area contributed by atoms with E-state index in [1.54, 1.807) is 0 Å². The van der Waals surface area contributed by atoms with Gasteiger partial charge in [0.2, 0.25) is 0 Å². The maximum absolute atomic E-state index is 12.9. The molecule has 1 unspecified atom stereocenters. The number of rotatable bonds is 4. The molecule has 1 aromatic rings. The summed E-state index contributed by atoms with van der Waals surface area (Å²) in [5.41, 5.74) is 0.956. The maximum atomic E-state index is 12.9. The molecule has 1 aliphatic rings. The molecule has 161 valence electrons. The van der Waals surface area contributed by atoms with Crippen molar-refractivity contribution in [1.29, 1.82) is 0 Å². The molecule has 0 saturated carbocycles. The molecule has 2 rings (SSSR count). The average molecular weight is 677 g/mol. The Morgan fingerprint density at radius 1 is 1.24 bits per heavy atom. The van der Waals surface area contributed by atoms with Crippen molar-refractivity contribution in [2.24, 2.45) is 0 Å². The summed E-state index contributed by atoms with van der Waals surface area (Å²) in [6, 6.07) is -1.09. The summed E-state index contributed by atoms with van der Waals surface area (Å²) >= 11 is 0.574. The van der Waals surface area contributed by atoms with Crippen molar-refractivity contribution in [2.75, 3.05) is 7.05 Å². The van der Waals surface area contributed by atoms with Crippen LogP contribution in [0.4, 0.5) is 31.5 Å². The number of alkyl halides is 6. The normalized spacial score (nSPS) is 18.6. The molecule has 0 saturated heterocycles. The standard InChI is InChI=1S/C14H14F6N3O3S2.Ac/c1-7-10(27-11(21)22-7)28(25,26)23(2)9-5-3-8(4-6-9)12(24,13(15,16)17)14(18,19)20;/h3-5,9,24H,6H2,1-2H3,(H-,21,22);/q-1;. The molecule has 6 nitrogen and oxygen atoms in total. The SMILES string of the molecule is Cc1nc([NH-])sc1S(=O)(=O)N(C)C1C=CC(C(O)(C(F)(F)F)C(F)(F)F)=CC1.[Ac]. The van der Waals surface area contributed by atoms with Gasteiger partial charge in [-0.15, -0.1) is 11.3 Å². The van der Waals surface area contributed by atoms with Crippen LogP contribution in [-0.4, -0.2) is 53.9 Å². The number of thiazole rings is 1. The number of aromatic nitrogens is 1. The second kappa shape index (κ2) is 8.74. The van der Waals surface area contributed by atoms with Crippen molar-refractivity contribution in [3.8, 4) is 0 Å². The van der Waals surface area contributed by atoms with E-state index in [1.165, 1.54) is 6.92 Å². The molecule has 1 aliphatic carbocycles. The zero-order valence-corrected chi connectivity index (χ0v) is 21.2. The molecule has 0 aliphatic heterocycles. The van der Waals surface area contributed by atoms with E-state index < -0.39 is 46.0 Å². The predicted octanol–water partition coefficient (Wildman–Crippen LogP) is 3.87. The Hall–Kier alpha value is -0.198. The fraction of sp³-hybridized carbons (Fsp3) is 0.500. The smallest absolute Gasteiger partial charge is 0.430 e. The number of likely N-dealkylation sites (N-methyl/N-ethyl adjacent to an activating group) is 1. The summed E-state index contributed by atoms with van der Waals surface area (Å²) < 4.78 is 103. The Balaban J connectivity index is 0.00000420. The molecule has 15 heteroatoms. The minimum absolute atomic E-state index is 0. The number of hydrogen-bond donors (Lipinski definition) is 1. The second-order valence-electron chi connectivity index (χ2n) is 5.94. The quantitative estimate of drug-likeness (QED) is 0.491. The van der Waals surface area contributed by atoms with Crippen molar-refractivity contribution in [3.63, 3.8) is 0 Å². The van der Waals surface area contributed by atoms with E-state index in [4.69, 9.17) is 5.73 Å². The zero-order valence-electron chi connectivity index (χ0n) is 14.8. The summed E-state index contributed by atoms with van der Waals surface area (Å²) in [4.78, 5) is 3.67. The van der Waals surface area contributed by atoms with Crippen LogP contribution < -0.4 is 0 Å². The van der Waals surface area contributed by atoms with Gasteiger partial charge in [0.1, 0.15) is 4.21 Å². The topological polar surface area (TPSA) is 94.3 Å². The molecule has 0 aromatic carbocycles. The van der Waals surface area contributed by atoms with Crippen LogP contribution in [-0.2, 0) is 10.0 Å². The summed E-state index contributed by atoms with van der Waals surface area (Å²) in [5.74, 6) is 0. The van der Waals surface area contributed by atoms with E-state index in [9.17, 15) is 39.9 Å². The van der Waals surface area contributed by atoms with Gasteiger partial charge in [0, 0.05) is 57.2 Å². The molecule has 1 aromatic heterocycles. The third-order valence-corrected chi connectivity index (χ3v) is 7.59. The summed E-state index contributed by atoms with van der Waals surface area (Å²) in [6.07, 6.45) is -10.8. The van der Waals surface area contributed by atoms with Gasteiger partial charge in [-0.2, -0.15) is 30.6 Å². The van der Waals surface area contributed by atoms with Crippen LogP contribution in [0.1, 0.15) is 12.1 Å². The van der Waals surface area contributed by atoms with E-state index in [0.717, 1.165) is 17.4 Å². The largest absolute Gasteiger partial charge is 0.473 e. The molecule has 0 spiro atoms. The minimum Gasteiger partial charge on any atom is -0.473 e. The van der Waals surface area contributed by atoms with E-state index in [-0.39, 0.29) is 59.1 Å². The van der Waals surface area contributed by atoms with Gasteiger partial charge in [0.15, 0.2) is 0 Å². The molecular formula is C14H14AcF6N3O3S2-. The molecule has 0 fully saturated rings. The van der Waals surface area contributed by atoms with Crippen molar-refractivity contribution in [1.82, 2.24) is 9.29 Å². The van der Waals surface area contributed by atoms with Crippen molar-refractivity contribution >= 4 is 26.5 Å². The van der Waals surface area contributed by atoms with Gasteiger partial charge in [-0.3, -0.25) is 0 Å². The number of sulfonamides is 1. The van der Waals surface area contributed by atoms with Gasteiger partial charge in [0.05, 0.1) is 0 Å². The van der Waals surface area contributed by atoms with Gasteiger partial charge >= 0.3 is 12.4 Å². The third-order valence-electron chi connectivity index (χ3n) is 4.15. The van der Waals surface area contributed by atoms with Crippen molar-refractivity contribution in [3.05, 3.63) is 35.2 Å². The van der Waals surface area contributed by atoms with Gasteiger partial charge in [-0.05, 0) is 29.7 Å². The molecule has 1 radical (unpaired) electrons. The first-order valence-electron chi connectivity index (χ1n) is 7.45. The zero-order chi connectivity index (χ0) is 21.7. The van der Waals surface area contributed by atoms with Crippen molar-refractivity contribution in [2.45, 2.75) is 41.5 Å². The van der Waals surface area contributed by atoms with Gasteiger partial charge in [0.25, 0.3) is 15.6 Å². The average Bonchev–Trinajstić information content (AvgIpc) is 2.90. The minimum atomic E-state index is -6.02. The monoisotopic (exact) mass is 677 g/mol. The van der Waals surface area contributed by atoms with Crippen LogP contribution in [0.3, 0.4) is 0 Å². The number of aryl methyl sites for hydroxylation is 1. The maximum Gasteiger partial charge on any atom is 0.430 e. The van der Waals surface area contributed by atoms with Gasteiger partial charge in [-0.1, -0.05) is 18.2 Å². The number of aliphatic hydroxyl groups is 1. The molecular weight excluding hydrogens is 663 g/mol. The van der Waals surface area contributed by atoms with Gasteiger partial charge in [-0.25, -0.2) is 8.42 Å². The van der Waals surface area contributed by atoms with Crippen LogP contribution in [0.2, 0.25) is 0 Å². The van der Waals surface area contributed by atoms with Crippen LogP contribution in [0.25, 0.3) is 5.73 Å². The summed E-state index contributed by atoms with van der Waals surface area (Å²) in [5, 5.41) is 9.12. The van der Waals surface area contributed by atoms with E-state index >= 15 is 0 Å². The first kappa shape index (κ1) is 26.8. The summed E-state index contributed by atoms with van der Waals surface area (Å²) in [7, 11) is -3.07. The molecule has 29 heavy (non-hydrogen) atoms. The van der Waals surface area contributed by atoms with E-state index in [2.05, 4.69) is 4.98 Å². The first-order valence-corrected chi connectivity index (χ1v) is 9.71. The Labute approximate surface area is 202 Å². The summed E-state index contributed by atoms with van der Waals surface area (Å²) in [6.45, 7) is 1.36. The fourth-order valence-electron chi connectivity index (χ4n) is 2.57. The Bertz CT molecular complexity index is 910. The van der Waals surface area contributed by atoms with Gasteiger partial charge < -0.3 is 15.8 Å². The van der Waals surface area contributed by atoms with E-state index in [1.807, 2.05) is 0 Å². The number of nitrogens with one attached hydrogen (secondary N) is 1. The molecule has 2 N–H and O–H groups in total. The first-order chi connectivity index (χ1) is 12.5. The predicted molar refractivity (Wildman–Crippen MR) is 88.5 cm³/mol. The van der Waals surface area contributed by atoms with Crippen LogP contribution in [0.15, 0.2) is 28.0 Å². The number of nitrogens with zero attached hydrogens (tertiary/aromatic N) is 2. The second-order valence-corrected chi connectivity index (χ2v) is 9.13. The Kier molecular flexibility index (Phi) is 8.09. The van der Waals surface area contributed by atoms with Crippen LogP contribution in [0, 0.1) is 51.0 Å². The molecule has 1 atom stereocenters. The number of hydrogen-bond acceptors (Lipinski definition) is 5. The van der Waals surface area contributed by atoms with Crippen LogP contribution in [0.5, 0.6) is 0 Å². The Morgan fingerprint density at radius 2 is 1.76 bits per heavy atom. The van der Waals surface area contributed by atoms with Crippen molar-refractivity contribution < 1.29 is 83.9 Å². The Morgan fingerprint density at radius 3 is 2.10 bits per heavy atom. The number of halogens is 6. The molecule has 0 bridgehead atoms. The molecule has 0 amide bonds. The molecule has 1 heterocycles. The third kappa shape index (κ3) is 4.85. The van der Waals surface area contributed by atoms with E-state index in [0.29, 0.717) is 23.5 Å². The van der Waals surface area contributed by atoms with Crippen LogP contribution >= 0.6 is 11.3 Å².